The van der Waals surface area contributed by atoms with Gasteiger partial charge in [0.15, 0.2) is 0 Å². The van der Waals surface area contributed by atoms with Gasteiger partial charge in [0.1, 0.15) is 11.3 Å². The van der Waals surface area contributed by atoms with Crippen LogP contribution in [0.3, 0.4) is 0 Å². The fourth-order valence-electron chi connectivity index (χ4n) is 2.51. The zero-order valence-corrected chi connectivity index (χ0v) is 13.2. The Morgan fingerprint density at radius 3 is 2.74 bits per heavy atom. The molecule has 0 saturated carbocycles. The number of hydrogen-bond acceptors (Lipinski definition) is 4. The van der Waals surface area contributed by atoms with E-state index in [0.717, 1.165) is 5.69 Å². The average Bonchev–Trinajstić information content (AvgIpc) is 3.16. The van der Waals surface area contributed by atoms with Crippen LogP contribution < -0.4 is 10.1 Å². The van der Waals surface area contributed by atoms with Gasteiger partial charge in [-0.05, 0) is 24.3 Å². The molecule has 0 aliphatic carbocycles. The van der Waals surface area contributed by atoms with E-state index in [0.29, 0.717) is 16.8 Å². The third kappa shape index (κ3) is 2.47. The Morgan fingerprint density at radius 1 is 1.35 bits per heavy atom. The zero-order valence-electron chi connectivity index (χ0n) is 12.4. The Labute approximate surface area is 137 Å². The summed E-state index contributed by atoms with van der Waals surface area (Å²) in [4.78, 5) is 27.3. The molecule has 1 aromatic carbocycles. The smallest absolute Gasteiger partial charge is 0.341 e. The maximum absolute atomic E-state index is 12.3. The summed E-state index contributed by atoms with van der Waals surface area (Å²) < 4.78 is 10.1. The number of aromatic nitrogens is 1. The number of anilines is 1. The highest BCUT2D eigenvalue weighted by molar-refractivity contribution is 6.42. The first-order chi connectivity index (χ1) is 11.1. The van der Waals surface area contributed by atoms with Crippen LogP contribution in [-0.4, -0.2) is 31.1 Å². The highest BCUT2D eigenvalue weighted by atomic mass is 35.5. The maximum atomic E-state index is 12.3. The number of methoxy groups -OCH3 is 2. The second-order valence-corrected chi connectivity index (χ2v) is 5.23. The third-order valence-corrected chi connectivity index (χ3v) is 3.81. The number of amides is 1. The van der Waals surface area contributed by atoms with Crippen LogP contribution in [0.4, 0.5) is 5.69 Å². The van der Waals surface area contributed by atoms with Crippen LogP contribution in [0.25, 0.3) is 11.6 Å². The van der Waals surface area contributed by atoms with Crippen LogP contribution in [0.1, 0.15) is 21.6 Å². The molecule has 1 aliphatic heterocycles. The predicted octanol–water partition coefficient (Wildman–Crippen LogP) is 2.96. The summed E-state index contributed by atoms with van der Waals surface area (Å²) in [5.74, 6) is -0.672. The first-order valence-electron chi connectivity index (χ1n) is 6.72. The van der Waals surface area contributed by atoms with Crippen molar-refractivity contribution in [2.75, 3.05) is 19.5 Å². The number of ether oxygens (including phenoxy) is 2. The summed E-state index contributed by atoms with van der Waals surface area (Å²) in [6.45, 7) is 0. The van der Waals surface area contributed by atoms with Gasteiger partial charge in [0.25, 0.3) is 5.91 Å². The lowest BCUT2D eigenvalue weighted by Crippen LogP contribution is -2.06. The zero-order chi connectivity index (χ0) is 16.6. The Hall–Kier alpha value is -2.73. The van der Waals surface area contributed by atoms with E-state index < -0.39 is 5.97 Å². The quantitative estimate of drug-likeness (QED) is 0.669. The molecular weight excluding hydrogens is 320 g/mol. The topological polar surface area (TPSA) is 80.4 Å². The monoisotopic (exact) mass is 332 g/mol. The molecule has 23 heavy (non-hydrogen) atoms. The van der Waals surface area contributed by atoms with E-state index >= 15 is 0 Å². The molecule has 118 valence electrons. The van der Waals surface area contributed by atoms with Crippen molar-refractivity contribution < 1.29 is 19.1 Å². The first-order valence-corrected chi connectivity index (χ1v) is 7.10. The minimum absolute atomic E-state index is 0.160. The first kappa shape index (κ1) is 15.2. The normalized spacial score (nSPS) is 14.6. The number of H-pyrrole nitrogens is 1. The fraction of sp³-hybridized carbons (Fsp3) is 0.125. The minimum atomic E-state index is -0.592. The molecule has 1 aromatic heterocycles. The van der Waals surface area contributed by atoms with E-state index in [-0.39, 0.29) is 22.2 Å². The highest BCUT2D eigenvalue weighted by Crippen LogP contribution is 2.46. The molecule has 2 aromatic rings. The van der Waals surface area contributed by atoms with E-state index in [1.54, 1.807) is 12.3 Å². The number of halogens is 1. The van der Waals surface area contributed by atoms with E-state index in [1.807, 2.05) is 12.1 Å². The molecular formula is C16H13ClN2O4. The lowest BCUT2D eigenvalue weighted by Gasteiger charge is -2.13. The van der Waals surface area contributed by atoms with Crippen LogP contribution in [0.2, 0.25) is 5.02 Å². The van der Waals surface area contributed by atoms with Crippen molar-refractivity contribution in [1.82, 2.24) is 4.98 Å². The molecule has 0 bridgehead atoms. The van der Waals surface area contributed by atoms with E-state index in [1.165, 1.54) is 20.3 Å². The third-order valence-electron chi connectivity index (χ3n) is 3.52. The maximum Gasteiger partial charge on any atom is 0.341 e. The fourth-order valence-corrected chi connectivity index (χ4v) is 2.76. The predicted molar refractivity (Wildman–Crippen MR) is 86.6 cm³/mol. The molecule has 0 saturated heterocycles. The minimum Gasteiger partial charge on any atom is -0.495 e. The van der Waals surface area contributed by atoms with Crippen molar-refractivity contribution in [3.05, 3.63) is 46.2 Å². The van der Waals surface area contributed by atoms with Crippen LogP contribution in [0.5, 0.6) is 5.75 Å². The molecule has 1 amide bonds. The number of benzene rings is 1. The van der Waals surface area contributed by atoms with Gasteiger partial charge in [0.2, 0.25) is 0 Å². The van der Waals surface area contributed by atoms with Crippen LogP contribution in [0.15, 0.2) is 24.4 Å². The number of rotatable bonds is 3. The van der Waals surface area contributed by atoms with Crippen LogP contribution in [0, 0.1) is 0 Å². The molecule has 0 atom stereocenters. The number of carbonyl (C=O) groups is 2. The van der Waals surface area contributed by atoms with E-state index in [9.17, 15) is 9.59 Å². The second-order valence-electron chi connectivity index (χ2n) is 4.82. The van der Waals surface area contributed by atoms with Gasteiger partial charge in [0, 0.05) is 11.9 Å². The van der Waals surface area contributed by atoms with Gasteiger partial charge < -0.3 is 19.8 Å². The summed E-state index contributed by atoms with van der Waals surface area (Å²) in [6.07, 6.45) is 3.41. The molecule has 2 N–H and O–H groups in total. The Bertz CT molecular complexity index is 825. The molecule has 3 rings (SSSR count). The SMILES string of the molecule is COC(=O)c1cc(Cl)c2c(c1OC)/C(=C/c1ccc[nH]1)C(=O)N2. The molecule has 0 fully saturated rings. The lowest BCUT2D eigenvalue weighted by molar-refractivity contribution is -0.110. The molecule has 1 aliphatic rings. The molecule has 0 spiro atoms. The van der Waals surface area contributed by atoms with Crippen molar-refractivity contribution in [1.29, 1.82) is 0 Å². The molecule has 6 nitrogen and oxygen atoms in total. The Morgan fingerprint density at radius 2 is 2.13 bits per heavy atom. The van der Waals surface area contributed by atoms with E-state index in [4.69, 9.17) is 21.1 Å². The van der Waals surface area contributed by atoms with Crippen LogP contribution in [-0.2, 0) is 9.53 Å². The van der Waals surface area contributed by atoms with Crippen molar-refractivity contribution in [3.8, 4) is 5.75 Å². The Kier molecular flexibility index (Phi) is 3.83. The number of fused-ring (bicyclic) bond motifs is 1. The number of esters is 1. The van der Waals surface area contributed by atoms with Crippen molar-refractivity contribution in [2.24, 2.45) is 0 Å². The van der Waals surface area contributed by atoms with Gasteiger partial charge >= 0.3 is 5.97 Å². The summed E-state index contributed by atoms with van der Waals surface area (Å²) in [6, 6.07) is 5.05. The molecule has 0 unspecified atom stereocenters. The summed E-state index contributed by atoms with van der Waals surface area (Å²) in [5, 5.41) is 2.94. The number of nitrogens with one attached hydrogen (secondary N) is 2. The summed E-state index contributed by atoms with van der Waals surface area (Å²) in [5.41, 5.74) is 2.11. The van der Waals surface area contributed by atoms with Gasteiger partial charge in [-0.25, -0.2) is 4.79 Å². The largest absolute Gasteiger partial charge is 0.495 e. The van der Waals surface area contributed by atoms with Crippen molar-refractivity contribution in [3.63, 3.8) is 0 Å². The van der Waals surface area contributed by atoms with Gasteiger partial charge in [-0.2, -0.15) is 0 Å². The molecule has 7 heteroatoms. The highest BCUT2D eigenvalue weighted by Gasteiger charge is 2.33. The number of carbonyl (C=O) groups excluding carboxylic acids is 2. The number of aromatic amines is 1. The Balaban J connectivity index is 2.27. The standard InChI is InChI=1S/C16H13ClN2O4/c1-22-14-10(16(21)23-2)7-11(17)13-12(14)9(15(20)19-13)6-8-4-3-5-18-8/h3-7,18H,1-2H3,(H,19,20)/b9-6-. The second kappa shape index (κ2) is 5.81. The van der Waals surface area contributed by atoms with Gasteiger partial charge in [-0.15, -0.1) is 0 Å². The van der Waals surface area contributed by atoms with Crippen molar-refractivity contribution in [2.45, 2.75) is 0 Å². The number of hydrogen-bond donors (Lipinski definition) is 2. The summed E-state index contributed by atoms with van der Waals surface area (Å²) >= 11 is 6.20. The van der Waals surface area contributed by atoms with E-state index in [2.05, 4.69) is 10.3 Å². The summed E-state index contributed by atoms with van der Waals surface area (Å²) in [7, 11) is 2.69. The van der Waals surface area contributed by atoms with Crippen molar-refractivity contribution >= 4 is 40.8 Å². The van der Waals surface area contributed by atoms with Gasteiger partial charge in [-0.3, -0.25) is 4.79 Å². The van der Waals surface area contributed by atoms with Crippen LogP contribution >= 0.6 is 11.6 Å². The van der Waals surface area contributed by atoms with Gasteiger partial charge in [0.05, 0.1) is 36.1 Å². The average molecular weight is 333 g/mol. The van der Waals surface area contributed by atoms with Gasteiger partial charge in [-0.1, -0.05) is 11.6 Å². The molecule has 0 radical (unpaired) electrons. The lowest BCUT2D eigenvalue weighted by atomic mass is 10.0. The molecule has 2 heterocycles.